The Kier molecular flexibility index (Phi) is 6.85. The van der Waals surface area contributed by atoms with E-state index in [-0.39, 0.29) is 0 Å². The Balaban J connectivity index is 2.13. The molecule has 90 valence electrons. The lowest BCUT2D eigenvalue weighted by atomic mass is 10.2. The van der Waals surface area contributed by atoms with Crippen LogP contribution < -0.4 is 10.1 Å². The van der Waals surface area contributed by atoms with Gasteiger partial charge in [0, 0.05) is 22.9 Å². The van der Waals surface area contributed by atoms with E-state index in [2.05, 4.69) is 28.2 Å². The predicted molar refractivity (Wildman–Crippen MR) is 72.4 cm³/mol. The fraction of sp³-hybridized carbons (Fsp3) is 0.500. The average Bonchev–Trinajstić information content (AvgIpc) is 2.27. The molecule has 1 atom stereocenters. The van der Waals surface area contributed by atoms with Crippen molar-refractivity contribution in [3.05, 3.63) is 28.7 Å². The monoisotopic (exact) mass is 305 g/mol. The van der Waals surface area contributed by atoms with Crippen LogP contribution in [-0.4, -0.2) is 25.1 Å². The van der Waals surface area contributed by atoms with E-state index in [1.165, 1.54) is 0 Å². The lowest BCUT2D eigenvalue weighted by Crippen LogP contribution is -2.30. The number of benzene rings is 1. The molecule has 0 aliphatic carbocycles. The van der Waals surface area contributed by atoms with E-state index in [1.807, 2.05) is 24.3 Å². The molecule has 0 heterocycles. The van der Waals surface area contributed by atoms with Crippen molar-refractivity contribution in [3.8, 4) is 5.75 Å². The standard InChI is InChI=1S/C12H17BrClNO/c1-10(6-7-14)15-8-9-16-12-4-2-11(13)3-5-12/h2-5,10,15H,6-9H2,1H3. The summed E-state index contributed by atoms with van der Waals surface area (Å²) in [5, 5.41) is 3.35. The molecular weight excluding hydrogens is 289 g/mol. The molecule has 4 heteroatoms. The Bertz CT molecular complexity index is 292. The number of halogens is 2. The molecule has 0 aliphatic rings. The lowest BCUT2D eigenvalue weighted by Gasteiger charge is -2.12. The van der Waals surface area contributed by atoms with Crippen molar-refractivity contribution in [2.45, 2.75) is 19.4 Å². The summed E-state index contributed by atoms with van der Waals surface area (Å²) >= 11 is 9.03. The largest absolute Gasteiger partial charge is 0.492 e. The van der Waals surface area contributed by atoms with Gasteiger partial charge in [-0.15, -0.1) is 11.6 Å². The fourth-order valence-electron chi connectivity index (χ4n) is 1.27. The zero-order valence-electron chi connectivity index (χ0n) is 9.38. The predicted octanol–water partition coefficient (Wildman–Crippen LogP) is 3.43. The fourth-order valence-corrected chi connectivity index (χ4v) is 1.86. The topological polar surface area (TPSA) is 21.3 Å². The van der Waals surface area contributed by atoms with Crippen molar-refractivity contribution in [3.63, 3.8) is 0 Å². The number of nitrogens with one attached hydrogen (secondary N) is 1. The van der Waals surface area contributed by atoms with Crippen LogP contribution in [0, 0.1) is 0 Å². The van der Waals surface area contributed by atoms with Crippen molar-refractivity contribution >= 4 is 27.5 Å². The maximum Gasteiger partial charge on any atom is 0.119 e. The summed E-state index contributed by atoms with van der Waals surface area (Å²) in [5.74, 6) is 1.59. The highest BCUT2D eigenvalue weighted by molar-refractivity contribution is 9.10. The zero-order valence-corrected chi connectivity index (χ0v) is 11.7. The minimum atomic E-state index is 0.450. The summed E-state index contributed by atoms with van der Waals surface area (Å²) in [4.78, 5) is 0. The third-order valence-electron chi connectivity index (χ3n) is 2.22. The number of hydrogen-bond acceptors (Lipinski definition) is 2. The first-order valence-corrected chi connectivity index (χ1v) is 6.73. The Labute approximate surface area is 110 Å². The summed E-state index contributed by atoms with van der Waals surface area (Å²) in [6, 6.07) is 8.29. The Morgan fingerprint density at radius 3 is 2.69 bits per heavy atom. The quantitative estimate of drug-likeness (QED) is 0.615. The highest BCUT2D eigenvalue weighted by atomic mass is 79.9. The summed E-state index contributed by atoms with van der Waals surface area (Å²) in [6.07, 6.45) is 0.986. The molecule has 1 N–H and O–H groups in total. The van der Waals surface area contributed by atoms with Crippen LogP contribution in [0.25, 0.3) is 0 Å². The van der Waals surface area contributed by atoms with Crippen LogP contribution in [0.2, 0.25) is 0 Å². The van der Waals surface area contributed by atoms with Gasteiger partial charge in [-0.3, -0.25) is 0 Å². The van der Waals surface area contributed by atoms with Gasteiger partial charge in [0.15, 0.2) is 0 Å². The Morgan fingerprint density at radius 2 is 2.06 bits per heavy atom. The second-order valence-electron chi connectivity index (χ2n) is 3.64. The second kappa shape index (κ2) is 7.93. The molecular formula is C12H17BrClNO. The summed E-state index contributed by atoms with van der Waals surface area (Å²) < 4.78 is 6.64. The van der Waals surface area contributed by atoms with Gasteiger partial charge in [-0.1, -0.05) is 15.9 Å². The first-order chi connectivity index (χ1) is 7.72. The summed E-state index contributed by atoms with van der Waals surface area (Å²) in [6.45, 7) is 3.64. The second-order valence-corrected chi connectivity index (χ2v) is 4.93. The van der Waals surface area contributed by atoms with Gasteiger partial charge < -0.3 is 10.1 Å². The van der Waals surface area contributed by atoms with Crippen LogP contribution in [0.1, 0.15) is 13.3 Å². The van der Waals surface area contributed by atoms with E-state index in [9.17, 15) is 0 Å². The molecule has 1 unspecified atom stereocenters. The van der Waals surface area contributed by atoms with Crippen molar-refractivity contribution < 1.29 is 4.74 Å². The van der Waals surface area contributed by atoms with Gasteiger partial charge in [0.25, 0.3) is 0 Å². The molecule has 0 aromatic heterocycles. The van der Waals surface area contributed by atoms with Gasteiger partial charge in [-0.2, -0.15) is 0 Å². The lowest BCUT2D eigenvalue weighted by molar-refractivity contribution is 0.306. The first kappa shape index (κ1) is 13.8. The van der Waals surface area contributed by atoms with Crippen LogP contribution in [0.3, 0.4) is 0 Å². The molecule has 1 aromatic rings. The van der Waals surface area contributed by atoms with E-state index in [4.69, 9.17) is 16.3 Å². The SMILES string of the molecule is CC(CCCl)NCCOc1ccc(Br)cc1. The zero-order chi connectivity index (χ0) is 11.8. The van der Waals surface area contributed by atoms with Gasteiger partial charge in [-0.25, -0.2) is 0 Å². The van der Waals surface area contributed by atoms with E-state index in [1.54, 1.807) is 0 Å². The number of alkyl halides is 1. The molecule has 0 fully saturated rings. The van der Waals surface area contributed by atoms with Crippen molar-refractivity contribution in [1.29, 1.82) is 0 Å². The third kappa shape index (κ3) is 5.73. The van der Waals surface area contributed by atoms with Crippen LogP contribution in [0.4, 0.5) is 0 Å². The molecule has 0 saturated heterocycles. The van der Waals surface area contributed by atoms with Crippen molar-refractivity contribution in [2.75, 3.05) is 19.0 Å². The maximum atomic E-state index is 5.64. The van der Waals surface area contributed by atoms with Gasteiger partial charge in [0.05, 0.1) is 0 Å². The van der Waals surface area contributed by atoms with E-state index < -0.39 is 0 Å². The molecule has 2 nitrogen and oxygen atoms in total. The minimum absolute atomic E-state index is 0.450. The van der Waals surface area contributed by atoms with Gasteiger partial charge in [0.1, 0.15) is 12.4 Å². The van der Waals surface area contributed by atoms with Gasteiger partial charge >= 0.3 is 0 Å². The van der Waals surface area contributed by atoms with Gasteiger partial charge in [0.2, 0.25) is 0 Å². The van der Waals surface area contributed by atoms with E-state index >= 15 is 0 Å². The Morgan fingerprint density at radius 1 is 1.38 bits per heavy atom. The van der Waals surface area contributed by atoms with Crippen molar-refractivity contribution in [2.24, 2.45) is 0 Å². The van der Waals surface area contributed by atoms with E-state index in [0.29, 0.717) is 18.5 Å². The third-order valence-corrected chi connectivity index (χ3v) is 2.97. The highest BCUT2D eigenvalue weighted by Crippen LogP contribution is 2.15. The molecule has 0 aliphatic heterocycles. The molecule has 0 bridgehead atoms. The molecule has 0 amide bonds. The summed E-state index contributed by atoms with van der Waals surface area (Å²) in [5.41, 5.74) is 0. The first-order valence-electron chi connectivity index (χ1n) is 5.40. The normalized spacial score (nSPS) is 12.4. The van der Waals surface area contributed by atoms with Crippen LogP contribution in [0.5, 0.6) is 5.75 Å². The number of hydrogen-bond donors (Lipinski definition) is 1. The Hall–Kier alpha value is -0.250. The van der Waals surface area contributed by atoms with Crippen LogP contribution >= 0.6 is 27.5 Å². The van der Waals surface area contributed by atoms with Crippen molar-refractivity contribution in [1.82, 2.24) is 5.32 Å². The molecule has 1 aromatic carbocycles. The smallest absolute Gasteiger partial charge is 0.119 e. The van der Waals surface area contributed by atoms with Crippen LogP contribution in [-0.2, 0) is 0 Å². The van der Waals surface area contributed by atoms with E-state index in [0.717, 1.165) is 23.2 Å². The van der Waals surface area contributed by atoms with Gasteiger partial charge in [-0.05, 0) is 37.6 Å². The molecule has 1 rings (SSSR count). The molecule has 0 saturated carbocycles. The van der Waals surface area contributed by atoms with Crippen LogP contribution in [0.15, 0.2) is 28.7 Å². The molecule has 0 spiro atoms. The maximum absolute atomic E-state index is 5.64. The molecule has 0 radical (unpaired) electrons. The highest BCUT2D eigenvalue weighted by Gasteiger charge is 1.99. The number of ether oxygens (including phenoxy) is 1. The average molecular weight is 307 g/mol. The number of rotatable bonds is 7. The minimum Gasteiger partial charge on any atom is -0.492 e. The molecule has 16 heavy (non-hydrogen) atoms. The summed E-state index contributed by atoms with van der Waals surface area (Å²) in [7, 11) is 0.